The quantitative estimate of drug-likeness (QED) is 0.797. The van der Waals surface area contributed by atoms with E-state index in [-0.39, 0.29) is 0 Å². The van der Waals surface area contributed by atoms with E-state index < -0.39 is 0 Å². The van der Waals surface area contributed by atoms with Crippen molar-refractivity contribution in [2.24, 2.45) is 11.7 Å². The van der Waals surface area contributed by atoms with Crippen LogP contribution in [-0.4, -0.2) is 18.1 Å². The zero-order valence-electron chi connectivity index (χ0n) is 9.65. The molecule has 1 aliphatic heterocycles. The molecule has 0 saturated carbocycles. The number of benzene rings is 1. The molecule has 0 radical (unpaired) electrons. The third-order valence-corrected chi connectivity index (χ3v) is 3.41. The number of hydrogen-bond acceptors (Lipinski definition) is 2. The van der Waals surface area contributed by atoms with Crippen LogP contribution in [0.15, 0.2) is 24.3 Å². The predicted molar refractivity (Wildman–Crippen MR) is 72.9 cm³/mol. The molecule has 1 aromatic rings. The van der Waals surface area contributed by atoms with Gasteiger partial charge in [-0.15, -0.1) is 0 Å². The fourth-order valence-electron chi connectivity index (χ4n) is 2.26. The van der Waals surface area contributed by atoms with Crippen molar-refractivity contribution in [2.75, 3.05) is 18.0 Å². The van der Waals surface area contributed by atoms with Crippen LogP contribution >= 0.6 is 12.2 Å². The second kappa shape index (κ2) is 4.83. The summed E-state index contributed by atoms with van der Waals surface area (Å²) < 4.78 is 0. The van der Waals surface area contributed by atoms with Crippen molar-refractivity contribution in [1.82, 2.24) is 0 Å². The molecule has 0 amide bonds. The minimum absolute atomic E-state index is 0.471. The van der Waals surface area contributed by atoms with Gasteiger partial charge in [-0.25, -0.2) is 0 Å². The molecular weight excluding hydrogens is 216 g/mol. The van der Waals surface area contributed by atoms with E-state index in [1.54, 1.807) is 0 Å². The van der Waals surface area contributed by atoms with Crippen molar-refractivity contribution in [2.45, 2.75) is 19.8 Å². The third-order valence-electron chi connectivity index (χ3n) is 3.17. The van der Waals surface area contributed by atoms with Gasteiger partial charge in [-0.2, -0.15) is 0 Å². The van der Waals surface area contributed by atoms with Gasteiger partial charge in [0.25, 0.3) is 0 Å². The lowest BCUT2D eigenvalue weighted by atomic mass is 9.99. The summed E-state index contributed by atoms with van der Waals surface area (Å²) in [5.41, 5.74) is 7.81. The van der Waals surface area contributed by atoms with Gasteiger partial charge in [0.15, 0.2) is 0 Å². The lowest BCUT2D eigenvalue weighted by Crippen LogP contribution is -2.34. The molecule has 0 aromatic heterocycles. The lowest BCUT2D eigenvalue weighted by Gasteiger charge is -2.32. The highest BCUT2D eigenvalue weighted by Gasteiger charge is 2.16. The maximum Gasteiger partial charge on any atom is 0.103 e. The van der Waals surface area contributed by atoms with E-state index in [1.165, 1.54) is 18.5 Å². The molecule has 2 N–H and O–H groups in total. The van der Waals surface area contributed by atoms with Gasteiger partial charge in [0.2, 0.25) is 0 Å². The Bertz CT molecular complexity index is 372. The SMILES string of the molecule is CC1CCCN(c2ccc(C(N)=S)cc2)C1. The molecule has 1 fully saturated rings. The summed E-state index contributed by atoms with van der Waals surface area (Å²) in [7, 11) is 0. The van der Waals surface area contributed by atoms with E-state index in [2.05, 4.69) is 24.0 Å². The Labute approximate surface area is 102 Å². The number of piperidine rings is 1. The summed E-state index contributed by atoms with van der Waals surface area (Å²) >= 11 is 4.94. The first-order chi connectivity index (χ1) is 7.66. The molecule has 0 bridgehead atoms. The highest BCUT2D eigenvalue weighted by Crippen LogP contribution is 2.23. The van der Waals surface area contributed by atoms with Crippen molar-refractivity contribution in [1.29, 1.82) is 0 Å². The molecule has 0 aliphatic carbocycles. The van der Waals surface area contributed by atoms with Crippen LogP contribution in [0.2, 0.25) is 0 Å². The summed E-state index contributed by atoms with van der Waals surface area (Å²) in [5.74, 6) is 0.795. The van der Waals surface area contributed by atoms with E-state index in [0.29, 0.717) is 4.99 Å². The maximum atomic E-state index is 5.58. The molecule has 2 nitrogen and oxygen atoms in total. The molecule has 1 aromatic carbocycles. The number of nitrogens with two attached hydrogens (primary N) is 1. The van der Waals surface area contributed by atoms with Gasteiger partial charge in [-0.1, -0.05) is 19.1 Å². The molecule has 86 valence electrons. The first-order valence-electron chi connectivity index (χ1n) is 5.81. The fraction of sp³-hybridized carbons (Fsp3) is 0.462. The van der Waals surface area contributed by atoms with E-state index in [1.807, 2.05) is 12.1 Å². The van der Waals surface area contributed by atoms with Crippen LogP contribution in [0.25, 0.3) is 0 Å². The van der Waals surface area contributed by atoms with Crippen LogP contribution in [0.4, 0.5) is 5.69 Å². The Morgan fingerprint density at radius 3 is 2.62 bits per heavy atom. The predicted octanol–water partition coefficient (Wildman–Crippen LogP) is 2.56. The monoisotopic (exact) mass is 234 g/mol. The van der Waals surface area contributed by atoms with Crippen LogP contribution in [0.5, 0.6) is 0 Å². The van der Waals surface area contributed by atoms with E-state index in [9.17, 15) is 0 Å². The number of anilines is 1. The zero-order chi connectivity index (χ0) is 11.5. The third kappa shape index (κ3) is 2.53. The van der Waals surface area contributed by atoms with Gasteiger partial charge in [0, 0.05) is 24.3 Å². The normalized spacial score (nSPS) is 20.8. The zero-order valence-corrected chi connectivity index (χ0v) is 10.5. The molecule has 0 spiro atoms. The Kier molecular flexibility index (Phi) is 3.44. The average Bonchev–Trinajstić information content (AvgIpc) is 2.29. The van der Waals surface area contributed by atoms with Crippen LogP contribution in [-0.2, 0) is 0 Å². The molecule has 1 aliphatic rings. The van der Waals surface area contributed by atoms with Gasteiger partial charge < -0.3 is 10.6 Å². The number of hydrogen-bond donors (Lipinski definition) is 1. The van der Waals surface area contributed by atoms with Crippen molar-refractivity contribution in [3.8, 4) is 0 Å². The molecule has 1 unspecified atom stereocenters. The van der Waals surface area contributed by atoms with Gasteiger partial charge in [0.05, 0.1) is 0 Å². The lowest BCUT2D eigenvalue weighted by molar-refractivity contribution is 0.447. The Morgan fingerprint density at radius 1 is 1.38 bits per heavy atom. The molecule has 1 heterocycles. The van der Waals surface area contributed by atoms with Crippen molar-refractivity contribution in [3.63, 3.8) is 0 Å². The van der Waals surface area contributed by atoms with Crippen LogP contribution in [0, 0.1) is 5.92 Å². The first-order valence-corrected chi connectivity index (χ1v) is 6.22. The van der Waals surface area contributed by atoms with Gasteiger partial charge in [-0.05, 0) is 43.0 Å². The standard InChI is InChI=1S/C13H18N2S/c1-10-3-2-8-15(9-10)12-6-4-11(5-7-12)13(14)16/h4-7,10H,2-3,8-9H2,1H3,(H2,14,16). The number of nitrogens with zero attached hydrogens (tertiary/aromatic N) is 1. The maximum absolute atomic E-state index is 5.58. The van der Waals surface area contributed by atoms with Crippen LogP contribution in [0.3, 0.4) is 0 Å². The fourth-order valence-corrected chi connectivity index (χ4v) is 2.40. The molecule has 1 saturated heterocycles. The first kappa shape index (κ1) is 11.4. The summed E-state index contributed by atoms with van der Waals surface area (Å²) in [6, 6.07) is 8.26. The highest BCUT2D eigenvalue weighted by molar-refractivity contribution is 7.80. The molecule has 1 atom stereocenters. The van der Waals surface area contributed by atoms with Gasteiger partial charge >= 0.3 is 0 Å². The Morgan fingerprint density at radius 2 is 2.06 bits per heavy atom. The second-order valence-corrected chi connectivity index (χ2v) is 5.04. The van der Waals surface area contributed by atoms with Crippen molar-refractivity contribution in [3.05, 3.63) is 29.8 Å². The summed E-state index contributed by atoms with van der Waals surface area (Å²) in [5, 5.41) is 0. The van der Waals surface area contributed by atoms with Gasteiger partial charge in [-0.3, -0.25) is 0 Å². The minimum Gasteiger partial charge on any atom is -0.389 e. The second-order valence-electron chi connectivity index (χ2n) is 4.60. The van der Waals surface area contributed by atoms with Crippen molar-refractivity contribution >= 4 is 22.9 Å². The smallest absolute Gasteiger partial charge is 0.103 e. The van der Waals surface area contributed by atoms with E-state index >= 15 is 0 Å². The summed E-state index contributed by atoms with van der Waals surface area (Å²) in [6.45, 7) is 4.64. The summed E-state index contributed by atoms with van der Waals surface area (Å²) in [4.78, 5) is 2.91. The Hall–Kier alpha value is -1.09. The number of thiocarbonyl (C=S) groups is 1. The largest absolute Gasteiger partial charge is 0.389 e. The molecule has 2 rings (SSSR count). The van der Waals surface area contributed by atoms with E-state index in [4.69, 9.17) is 18.0 Å². The minimum atomic E-state index is 0.471. The summed E-state index contributed by atoms with van der Waals surface area (Å²) in [6.07, 6.45) is 2.64. The molecule has 3 heteroatoms. The molecule has 16 heavy (non-hydrogen) atoms. The Balaban J connectivity index is 2.11. The van der Waals surface area contributed by atoms with Crippen LogP contribution < -0.4 is 10.6 Å². The van der Waals surface area contributed by atoms with E-state index in [0.717, 1.165) is 24.6 Å². The number of rotatable bonds is 2. The topological polar surface area (TPSA) is 29.3 Å². The molecular formula is C13H18N2S. The van der Waals surface area contributed by atoms with Crippen LogP contribution in [0.1, 0.15) is 25.3 Å². The highest BCUT2D eigenvalue weighted by atomic mass is 32.1. The van der Waals surface area contributed by atoms with Crippen molar-refractivity contribution < 1.29 is 0 Å². The average molecular weight is 234 g/mol. The van der Waals surface area contributed by atoms with Gasteiger partial charge in [0.1, 0.15) is 4.99 Å².